The smallest absolute Gasteiger partial charge is 0.124 e. The van der Waals surface area contributed by atoms with Gasteiger partial charge in [0, 0.05) is 32.4 Å². The molecule has 3 heteroatoms. The standard InChI is InChI=1S/C21H18ClNO/c1-13-7-8-16-17-9-10-20(14(2)21(17)23-19(16)11-13)24-12-15-5-3-4-6-18(15)22/h3-11,23H,12H2,1-2H3. The van der Waals surface area contributed by atoms with Crippen LogP contribution in [0.5, 0.6) is 5.75 Å². The number of hydrogen-bond donors (Lipinski definition) is 1. The Morgan fingerprint density at radius 3 is 2.58 bits per heavy atom. The van der Waals surface area contributed by atoms with Crippen molar-refractivity contribution in [2.24, 2.45) is 0 Å². The molecular weight excluding hydrogens is 318 g/mol. The van der Waals surface area contributed by atoms with Gasteiger partial charge in [0.2, 0.25) is 0 Å². The van der Waals surface area contributed by atoms with E-state index in [1.165, 1.54) is 16.3 Å². The first-order chi connectivity index (χ1) is 11.6. The topological polar surface area (TPSA) is 25.0 Å². The molecule has 0 amide bonds. The van der Waals surface area contributed by atoms with Gasteiger partial charge in [-0.05, 0) is 43.7 Å². The highest BCUT2D eigenvalue weighted by atomic mass is 35.5. The normalized spacial score (nSPS) is 11.3. The van der Waals surface area contributed by atoms with Crippen LogP contribution in [0.15, 0.2) is 54.6 Å². The van der Waals surface area contributed by atoms with Gasteiger partial charge in [0.05, 0.1) is 5.52 Å². The van der Waals surface area contributed by atoms with E-state index in [-0.39, 0.29) is 0 Å². The molecule has 4 rings (SSSR count). The number of hydrogen-bond acceptors (Lipinski definition) is 1. The third kappa shape index (κ3) is 2.53. The first-order valence-corrected chi connectivity index (χ1v) is 8.39. The molecule has 0 aliphatic heterocycles. The average Bonchev–Trinajstić information content (AvgIpc) is 2.94. The molecule has 1 heterocycles. The van der Waals surface area contributed by atoms with Gasteiger partial charge < -0.3 is 9.72 Å². The number of benzene rings is 3. The van der Waals surface area contributed by atoms with Crippen LogP contribution in [0.2, 0.25) is 5.02 Å². The summed E-state index contributed by atoms with van der Waals surface area (Å²) >= 11 is 6.21. The van der Waals surface area contributed by atoms with Gasteiger partial charge in [-0.15, -0.1) is 0 Å². The lowest BCUT2D eigenvalue weighted by atomic mass is 10.1. The predicted octanol–water partition coefficient (Wildman–Crippen LogP) is 6.17. The molecule has 0 unspecified atom stereocenters. The molecule has 0 spiro atoms. The first kappa shape index (κ1) is 15.1. The monoisotopic (exact) mass is 335 g/mol. The second-order valence-electron chi connectivity index (χ2n) is 6.17. The Kier molecular flexibility index (Phi) is 3.70. The number of H-pyrrole nitrogens is 1. The minimum absolute atomic E-state index is 0.464. The third-order valence-electron chi connectivity index (χ3n) is 4.48. The van der Waals surface area contributed by atoms with Gasteiger partial charge in [0.15, 0.2) is 0 Å². The van der Waals surface area contributed by atoms with Gasteiger partial charge >= 0.3 is 0 Å². The average molecular weight is 336 g/mol. The zero-order valence-corrected chi connectivity index (χ0v) is 14.4. The molecule has 1 N–H and O–H groups in total. The highest BCUT2D eigenvalue weighted by Gasteiger charge is 2.11. The Labute approximate surface area is 146 Å². The summed E-state index contributed by atoms with van der Waals surface area (Å²) in [6.45, 7) is 4.66. The number of aryl methyl sites for hydroxylation is 2. The van der Waals surface area contributed by atoms with E-state index in [0.717, 1.165) is 32.9 Å². The van der Waals surface area contributed by atoms with Crippen molar-refractivity contribution in [1.29, 1.82) is 0 Å². The largest absolute Gasteiger partial charge is 0.489 e. The fourth-order valence-electron chi connectivity index (χ4n) is 3.14. The Morgan fingerprint density at radius 2 is 1.75 bits per heavy atom. The van der Waals surface area contributed by atoms with Crippen LogP contribution < -0.4 is 4.74 Å². The van der Waals surface area contributed by atoms with E-state index in [9.17, 15) is 0 Å². The minimum Gasteiger partial charge on any atom is -0.489 e. The number of rotatable bonds is 3. The van der Waals surface area contributed by atoms with Crippen LogP contribution in [-0.2, 0) is 6.61 Å². The lowest BCUT2D eigenvalue weighted by Crippen LogP contribution is -1.98. The van der Waals surface area contributed by atoms with Crippen LogP contribution in [0, 0.1) is 13.8 Å². The molecule has 120 valence electrons. The summed E-state index contributed by atoms with van der Waals surface area (Å²) in [5.41, 5.74) is 5.66. The van der Waals surface area contributed by atoms with Gasteiger partial charge in [-0.3, -0.25) is 0 Å². The molecule has 0 atom stereocenters. The molecule has 0 fully saturated rings. The number of aromatic nitrogens is 1. The lowest BCUT2D eigenvalue weighted by Gasteiger charge is -2.11. The molecule has 0 aliphatic rings. The van der Waals surface area contributed by atoms with Crippen molar-refractivity contribution in [1.82, 2.24) is 4.98 Å². The summed E-state index contributed by atoms with van der Waals surface area (Å²) in [5.74, 6) is 0.880. The molecule has 2 nitrogen and oxygen atoms in total. The third-order valence-corrected chi connectivity index (χ3v) is 4.85. The van der Waals surface area contributed by atoms with Gasteiger partial charge in [-0.25, -0.2) is 0 Å². The molecule has 4 aromatic rings. The van der Waals surface area contributed by atoms with Crippen LogP contribution in [0.4, 0.5) is 0 Å². The lowest BCUT2D eigenvalue weighted by molar-refractivity contribution is 0.304. The summed E-state index contributed by atoms with van der Waals surface area (Å²) < 4.78 is 6.03. The van der Waals surface area contributed by atoms with Gasteiger partial charge in [0.1, 0.15) is 12.4 Å². The number of fused-ring (bicyclic) bond motifs is 3. The van der Waals surface area contributed by atoms with Gasteiger partial charge in [-0.2, -0.15) is 0 Å². The second-order valence-corrected chi connectivity index (χ2v) is 6.57. The summed E-state index contributed by atoms with van der Waals surface area (Å²) in [6.07, 6.45) is 0. The maximum atomic E-state index is 6.21. The molecule has 0 bridgehead atoms. The maximum Gasteiger partial charge on any atom is 0.124 e. The van der Waals surface area contributed by atoms with Crippen molar-refractivity contribution < 1.29 is 4.74 Å². The van der Waals surface area contributed by atoms with Crippen LogP contribution in [0.1, 0.15) is 16.7 Å². The van der Waals surface area contributed by atoms with E-state index in [0.29, 0.717) is 6.61 Å². The zero-order valence-electron chi connectivity index (χ0n) is 13.7. The molecular formula is C21H18ClNO. The summed E-state index contributed by atoms with van der Waals surface area (Å²) in [5, 5.41) is 3.21. The second kappa shape index (κ2) is 5.88. The van der Waals surface area contributed by atoms with Crippen LogP contribution in [-0.4, -0.2) is 4.98 Å². The maximum absolute atomic E-state index is 6.21. The van der Waals surface area contributed by atoms with Crippen molar-refractivity contribution >= 4 is 33.4 Å². The highest BCUT2D eigenvalue weighted by molar-refractivity contribution is 6.31. The molecule has 0 aliphatic carbocycles. The van der Waals surface area contributed by atoms with E-state index < -0.39 is 0 Å². The fourth-order valence-corrected chi connectivity index (χ4v) is 3.33. The minimum atomic E-state index is 0.464. The molecule has 0 radical (unpaired) electrons. The summed E-state index contributed by atoms with van der Waals surface area (Å²) in [6, 6.07) is 18.4. The van der Waals surface area contributed by atoms with E-state index in [1.807, 2.05) is 30.3 Å². The summed E-state index contributed by atoms with van der Waals surface area (Å²) in [7, 11) is 0. The van der Waals surface area contributed by atoms with E-state index in [1.54, 1.807) is 0 Å². The van der Waals surface area contributed by atoms with Crippen LogP contribution in [0.25, 0.3) is 21.8 Å². The van der Waals surface area contributed by atoms with Gasteiger partial charge in [-0.1, -0.05) is 41.9 Å². The van der Waals surface area contributed by atoms with Crippen molar-refractivity contribution in [2.75, 3.05) is 0 Å². The van der Waals surface area contributed by atoms with E-state index in [2.05, 4.69) is 43.1 Å². The zero-order chi connectivity index (χ0) is 16.7. The number of ether oxygens (including phenoxy) is 1. The predicted molar refractivity (Wildman–Crippen MR) is 101 cm³/mol. The Hall–Kier alpha value is -2.45. The summed E-state index contributed by atoms with van der Waals surface area (Å²) in [4.78, 5) is 3.53. The number of nitrogens with one attached hydrogen (secondary N) is 1. The number of aromatic amines is 1. The van der Waals surface area contributed by atoms with Crippen molar-refractivity contribution in [3.05, 3.63) is 76.3 Å². The molecule has 24 heavy (non-hydrogen) atoms. The Morgan fingerprint density at radius 1 is 0.958 bits per heavy atom. The Balaban J connectivity index is 1.73. The number of halogens is 1. The molecule has 3 aromatic carbocycles. The highest BCUT2D eigenvalue weighted by Crippen LogP contribution is 2.33. The van der Waals surface area contributed by atoms with Crippen LogP contribution >= 0.6 is 11.6 Å². The molecule has 1 aromatic heterocycles. The van der Waals surface area contributed by atoms with Crippen molar-refractivity contribution in [3.8, 4) is 5.75 Å². The first-order valence-electron chi connectivity index (χ1n) is 8.01. The Bertz CT molecular complexity index is 1050. The van der Waals surface area contributed by atoms with E-state index >= 15 is 0 Å². The molecule has 0 saturated carbocycles. The quantitative estimate of drug-likeness (QED) is 0.475. The van der Waals surface area contributed by atoms with Gasteiger partial charge in [0.25, 0.3) is 0 Å². The van der Waals surface area contributed by atoms with Crippen LogP contribution in [0.3, 0.4) is 0 Å². The van der Waals surface area contributed by atoms with E-state index in [4.69, 9.17) is 16.3 Å². The SMILES string of the molecule is Cc1ccc2c(c1)[nH]c1c(C)c(OCc3ccccc3Cl)ccc12. The fraction of sp³-hybridized carbons (Fsp3) is 0.143. The van der Waals surface area contributed by atoms with Crippen molar-refractivity contribution in [3.63, 3.8) is 0 Å². The molecule has 0 saturated heterocycles. The van der Waals surface area contributed by atoms with Crippen molar-refractivity contribution in [2.45, 2.75) is 20.5 Å².